The van der Waals surface area contributed by atoms with Crippen molar-refractivity contribution in [2.24, 2.45) is 0 Å². The van der Waals surface area contributed by atoms with Crippen molar-refractivity contribution in [2.45, 2.75) is 52.4 Å². The molecule has 71 heavy (non-hydrogen) atoms. The van der Waals surface area contributed by atoms with Crippen molar-refractivity contribution in [2.75, 3.05) is 4.90 Å². The van der Waals surface area contributed by atoms with E-state index in [-0.39, 0.29) is 10.8 Å². The molecule has 0 unspecified atom stereocenters. The van der Waals surface area contributed by atoms with Crippen LogP contribution in [0.5, 0.6) is 0 Å². The molecule has 0 atom stereocenters. The molecule has 5 nitrogen and oxygen atoms in total. The highest BCUT2D eigenvalue weighted by Crippen LogP contribution is 2.44. The summed E-state index contributed by atoms with van der Waals surface area (Å²) in [5, 5.41) is 2.55. The minimum Gasteiger partial charge on any atom is -0.309 e. The Hall–Kier alpha value is -8.37. The molecule has 9 aromatic carbocycles. The summed E-state index contributed by atoms with van der Waals surface area (Å²) >= 11 is 1.23. The number of aromatic nitrogens is 3. The fraction of sp³-hybridized carbons (Fsp3) is 0.123. The maximum Gasteiger partial charge on any atom is 0.202 e. The molecule has 0 radical (unpaired) electrons. The number of fused-ring (bicyclic) bond motifs is 4. The Morgan fingerprint density at radius 2 is 0.958 bits per heavy atom. The van der Waals surface area contributed by atoms with E-state index in [4.69, 9.17) is 15.3 Å². The Morgan fingerprint density at radius 3 is 1.48 bits per heavy atom. The van der Waals surface area contributed by atoms with E-state index in [1.165, 1.54) is 44.7 Å². The predicted octanol–water partition coefficient (Wildman–Crippen LogP) is 18.0. The molecule has 0 aliphatic heterocycles. The smallest absolute Gasteiger partial charge is 0.202 e. The van der Waals surface area contributed by atoms with Crippen LogP contribution in [-0.2, 0) is 10.8 Å². The molecular formula is C65H53N5S. The summed E-state index contributed by atoms with van der Waals surface area (Å²) in [7, 11) is 0. The van der Waals surface area contributed by atoms with Crippen molar-refractivity contribution < 1.29 is 0 Å². The van der Waals surface area contributed by atoms with Gasteiger partial charge in [0.1, 0.15) is 11.0 Å². The number of anilines is 3. The van der Waals surface area contributed by atoms with Crippen LogP contribution in [0, 0.1) is 6.57 Å². The number of nitrogens with zero attached hydrogens (tertiary/aromatic N) is 5. The van der Waals surface area contributed by atoms with Gasteiger partial charge >= 0.3 is 0 Å². The second-order valence-corrected chi connectivity index (χ2v) is 20.8. The maximum absolute atomic E-state index is 8.49. The van der Waals surface area contributed by atoms with Gasteiger partial charge in [-0.25, -0.2) is 4.85 Å². The highest BCUT2D eigenvalue weighted by atomic mass is 32.1. The van der Waals surface area contributed by atoms with Gasteiger partial charge in [0.05, 0.1) is 35.0 Å². The van der Waals surface area contributed by atoms with Gasteiger partial charge in [-0.15, -0.1) is 0 Å². The molecule has 6 heteroatoms. The molecule has 0 aliphatic rings. The molecule has 0 saturated carbocycles. The number of rotatable bonds is 9. The minimum absolute atomic E-state index is 0.0302. The zero-order valence-corrected chi connectivity index (χ0v) is 41.7. The fourth-order valence-electron chi connectivity index (χ4n) is 9.84. The van der Waals surface area contributed by atoms with Gasteiger partial charge in [-0.1, -0.05) is 181 Å². The Balaban J connectivity index is 1.01. The van der Waals surface area contributed by atoms with Crippen LogP contribution in [0.4, 0.5) is 17.1 Å². The largest absolute Gasteiger partial charge is 0.309 e. The summed E-state index contributed by atoms with van der Waals surface area (Å²) in [6.45, 7) is 22.2. The zero-order chi connectivity index (χ0) is 48.9. The zero-order valence-electron chi connectivity index (χ0n) is 40.9. The van der Waals surface area contributed by atoms with Crippen LogP contribution in [0.3, 0.4) is 0 Å². The van der Waals surface area contributed by atoms with Crippen molar-refractivity contribution in [3.63, 3.8) is 0 Å². The Kier molecular flexibility index (Phi) is 11.5. The summed E-state index contributed by atoms with van der Waals surface area (Å²) in [6.07, 6.45) is 0. The van der Waals surface area contributed by atoms with Crippen molar-refractivity contribution in [1.82, 2.24) is 13.3 Å². The molecule has 344 valence electrons. The molecule has 11 aromatic rings. The van der Waals surface area contributed by atoms with Gasteiger partial charge in [0, 0.05) is 33.4 Å². The van der Waals surface area contributed by atoms with E-state index in [0.717, 1.165) is 78.3 Å². The highest BCUT2D eigenvalue weighted by Gasteiger charge is 2.24. The summed E-state index contributed by atoms with van der Waals surface area (Å²) < 4.78 is 12.4. The number of benzene rings is 9. The molecule has 0 amide bonds. The molecule has 11 rings (SSSR count). The Labute approximate surface area is 420 Å². The van der Waals surface area contributed by atoms with E-state index >= 15 is 0 Å². The molecule has 0 bridgehead atoms. The lowest BCUT2D eigenvalue weighted by Crippen LogP contribution is -2.11. The second-order valence-electron chi connectivity index (χ2n) is 20.3. The third kappa shape index (κ3) is 8.49. The Bertz CT molecular complexity index is 3680. The molecule has 0 spiro atoms. The lowest BCUT2D eigenvalue weighted by molar-refractivity contribution is 0.590. The first kappa shape index (κ1) is 45.1. The summed E-state index contributed by atoms with van der Waals surface area (Å²) in [4.78, 5) is 6.43. The van der Waals surface area contributed by atoms with Crippen LogP contribution >= 0.6 is 11.7 Å². The molecular weight excluding hydrogens is 883 g/mol. The van der Waals surface area contributed by atoms with E-state index in [1.807, 2.05) is 42.5 Å². The first-order valence-electron chi connectivity index (χ1n) is 24.2. The van der Waals surface area contributed by atoms with Crippen LogP contribution in [-0.4, -0.2) is 13.3 Å². The van der Waals surface area contributed by atoms with Gasteiger partial charge in [-0.05, 0) is 134 Å². The number of hydrogen-bond donors (Lipinski definition) is 0. The lowest BCUT2D eigenvalue weighted by atomic mass is 9.85. The van der Waals surface area contributed by atoms with Gasteiger partial charge in [0.15, 0.2) is 0 Å². The summed E-state index contributed by atoms with van der Waals surface area (Å²) in [6, 6.07) is 75.1. The van der Waals surface area contributed by atoms with Crippen molar-refractivity contribution in [3.05, 3.63) is 252 Å². The minimum atomic E-state index is 0.0302. The first-order chi connectivity index (χ1) is 34.4. The second kappa shape index (κ2) is 18.2. The van der Waals surface area contributed by atoms with Crippen molar-refractivity contribution in [1.29, 1.82) is 0 Å². The third-order valence-electron chi connectivity index (χ3n) is 13.7. The topological polar surface area (TPSA) is 38.3 Å². The lowest BCUT2D eigenvalue weighted by Gasteiger charge is -2.26. The van der Waals surface area contributed by atoms with E-state index in [0.29, 0.717) is 5.70 Å². The van der Waals surface area contributed by atoms with E-state index in [1.54, 1.807) is 0 Å². The molecule has 2 heterocycles. The molecule has 0 fully saturated rings. The fourth-order valence-corrected chi connectivity index (χ4v) is 10.4. The van der Waals surface area contributed by atoms with E-state index in [9.17, 15) is 0 Å². The summed E-state index contributed by atoms with van der Waals surface area (Å²) in [5.74, 6) is 0. The Morgan fingerprint density at radius 1 is 0.479 bits per heavy atom. The van der Waals surface area contributed by atoms with Gasteiger partial charge in [0.2, 0.25) is 5.70 Å². The average Bonchev–Trinajstić information content (AvgIpc) is 4.02. The summed E-state index contributed by atoms with van der Waals surface area (Å²) in [5.41, 5.74) is 19.4. The van der Waals surface area contributed by atoms with E-state index < -0.39 is 0 Å². The first-order valence-corrected chi connectivity index (χ1v) is 24.9. The van der Waals surface area contributed by atoms with Gasteiger partial charge in [0.25, 0.3) is 0 Å². The standard InChI is InChI=1S/C65H53N5S/c1-64(2,3)49-29-38-57-55(41-49)56-42-50(65(4,5)6)30-39-58(56)70(57)53-33-25-45(26-34-53)54-37-40-59(63-62(54)67-71-68-63)69(51-31-23-44(24-32-51)43-17-11-8-12-18-43)52-35-27-48(28-36-52)61(66-7)60(46-19-13-9-14-20-46)47-21-15-10-16-22-47/h8-42H,1-6H3. The average molecular weight is 936 g/mol. The van der Waals surface area contributed by atoms with Crippen LogP contribution in [0.25, 0.3) is 76.9 Å². The third-order valence-corrected chi connectivity index (χ3v) is 14.2. The van der Waals surface area contributed by atoms with Crippen LogP contribution in [0.2, 0.25) is 0 Å². The van der Waals surface area contributed by atoms with Gasteiger partial charge in [-0.3, -0.25) is 0 Å². The van der Waals surface area contributed by atoms with Gasteiger partial charge < -0.3 is 9.47 Å². The number of hydrogen-bond acceptors (Lipinski definition) is 4. The molecule has 0 N–H and O–H groups in total. The monoisotopic (exact) mass is 935 g/mol. The van der Waals surface area contributed by atoms with Crippen LogP contribution in [0.1, 0.15) is 69.4 Å². The normalized spacial score (nSPS) is 11.8. The van der Waals surface area contributed by atoms with Crippen molar-refractivity contribution in [3.8, 4) is 27.9 Å². The highest BCUT2D eigenvalue weighted by molar-refractivity contribution is 7.00. The maximum atomic E-state index is 8.49. The van der Waals surface area contributed by atoms with Crippen LogP contribution in [0.15, 0.2) is 212 Å². The molecule has 2 aromatic heterocycles. The predicted molar refractivity (Wildman–Crippen MR) is 300 cm³/mol. The van der Waals surface area contributed by atoms with Crippen molar-refractivity contribution >= 4 is 72.9 Å². The van der Waals surface area contributed by atoms with Gasteiger partial charge in [-0.2, -0.15) is 8.75 Å². The molecule has 0 aliphatic carbocycles. The van der Waals surface area contributed by atoms with E-state index in [2.05, 4.69) is 226 Å². The van der Waals surface area contributed by atoms with Crippen LogP contribution < -0.4 is 4.90 Å². The quantitative estimate of drug-likeness (QED) is 0.107. The SMILES string of the molecule is [C-]#[N+]C(=C(c1ccccc1)c1ccccc1)c1ccc(N(c2ccc(-c3ccccc3)cc2)c2ccc(-c3ccc(-n4c5ccc(C(C)(C)C)cc5c5cc(C(C)(C)C)ccc54)cc3)c3nsnc23)cc1. The molecule has 0 saturated heterocycles.